The number of amides is 2. The smallest absolute Gasteiger partial charge is 0.227 e. The van der Waals surface area contributed by atoms with Gasteiger partial charge in [-0.2, -0.15) is 0 Å². The van der Waals surface area contributed by atoms with Gasteiger partial charge in [-0.25, -0.2) is 0 Å². The van der Waals surface area contributed by atoms with Gasteiger partial charge in [0.1, 0.15) is 5.75 Å². The molecule has 0 radical (unpaired) electrons. The Bertz CT molecular complexity index is 631. The van der Waals surface area contributed by atoms with Crippen LogP contribution < -0.4 is 15.0 Å². The third kappa shape index (κ3) is 3.34. The Balaban J connectivity index is 1.64. The van der Waals surface area contributed by atoms with Crippen molar-refractivity contribution in [2.75, 3.05) is 24.3 Å². The van der Waals surface area contributed by atoms with Crippen LogP contribution in [-0.4, -0.2) is 42.4 Å². The SMILES string of the molecule is COc1ccc(N2C[C@H](C(=O)N[C@H]3CCSC3=O)CC2=O)cc1. The summed E-state index contributed by atoms with van der Waals surface area (Å²) in [5.74, 6) is 0.748. The molecule has 23 heavy (non-hydrogen) atoms. The molecule has 2 saturated heterocycles. The molecule has 1 N–H and O–H groups in total. The predicted octanol–water partition coefficient (Wildman–Crippen LogP) is 1.20. The van der Waals surface area contributed by atoms with Crippen LogP contribution in [0.15, 0.2) is 24.3 Å². The first kappa shape index (κ1) is 15.9. The zero-order chi connectivity index (χ0) is 16.4. The normalized spacial score (nSPS) is 24.1. The Kier molecular flexibility index (Phi) is 4.56. The number of nitrogens with one attached hydrogen (secondary N) is 1. The minimum atomic E-state index is -0.414. The van der Waals surface area contributed by atoms with Crippen molar-refractivity contribution in [3.05, 3.63) is 24.3 Å². The first-order chi connectivity index (χ1) is 11.1. The minimum Gasteiger partial charge on any atom is -0.497 e. The van der Waals surface area contributed by atoms with E-state index in [2.05, 4.69) is 5.32 Å². The molecular weight excluding hydrogens is 316 g/mol. The fourth-order valence-electron chi connectivity index (χ4n) is 2.81. The van der Waals surface area contributed by atoms with Gasteiger partial charge in [0.15, 0.2) is 0 Å². The predicted molar refractivity (Wildman–Crippen MR) is 87.5 cm³/mol. The number of rotatable bonds is 4. The van der Waals surface area contributed by atoms with Crippen LogP contribution in [0.1, 0.15) is 12.8 Å². The number of hydrogen-bond donors (Lipinski definition) is 1. The van der Waals surface area contributed by atoms with Gasteiger partial charge in [-0.3, -0.25) is 14.4 Å². The zero-order valence-electron chi connectivity index (χ0n) is 12.8. The van der Waals surface area contributed by atoms with E-state index >= 15 is 0 Å². The molecule has 3 rings (SSSR count). The molecule has 0 aromatic heterocycles. The standard InChI is InChI=1S/C16H18N2O4S/c1-22-12-4-2-11(3-5-12)18-9-10(8-14(18)19)15(20)17-13-6-7-23-16(13)21/h2-5,10,13H,6-9H2,1H3,(H,17,20)/t10-,13+/m1/s1. The maximum absolute atomic E-state index is 12.3. The molecule has 0 spiro atoms. The van der Waals surface area contributed by atoms with Crippen molar-refractivity contribution >= 4 is 34.4 Å². The monoisotopic (exact) mass is 334 g/mol. The third-order valence-electron chi connectivity index (χ3n) is 4.13. The van der Waals surface area contributed by atoms with Gasteiger partial charge in [0.05, 0.1) is 19.1 Å². The number of methoxy groups -OCH3 is 1. The van der Waals surface area contributed by atoms with Crippen molar-refractivity contribution in [1.82, 2.24) is 5.32 Å². The van der Waals surface area contributed by atoms with Gasteiger partial charge < -0.3 is 15.0 Å². The van der Waals surface area contributed by atoms with E-state index in [0.717, 1.165) is 11.4 Å². The molecule has 2 aliphatic heterocycles. The molecule has 0 aliphatic carbocycles. The van der Waals surface area contributed by atoms with Gasteiger partial charge in [0.25, 0.3) is 0 Å². The van der Waals surface area contributed by atoms with Crippen molar-refractivity contribution < 1.29 is 19.1 Å². The first-order valence-electron chi connectivity index (χ1n) is 7.50. The lowest BCUT2D eigenvalue weighted by Crippen LogP contribution is -2.41. The van der Waals surface area contributed by atoms with E-state index < -0.39 is 12.0 Å². The first-order valence-corrected chi connectivity index (χ1v) is 8.48. The molecule has 6 nitrogen and oxygen atoms in total. The average molecular weight is 334 g/mol. The van der Waals surface area contributed by atoms with Gasteiger partial charge in [0, 0.05) is 24.4 Å². The Labute approximate surface area is 138 Å². The topological polar surface area (TPSA) is 75.7 Å². The van der Waals surface area contributed by atoms with Gasteiger partial charge in [-0.05, 0) is 30.7 Å². The molecule has 0 saturated carbocycles. The summed E-state index contributed by atoms with van der Waals surface area (Å²) in [6.45, 7) is 0.338. The van der Waals surface area contributed by atoms with E-state index in [-0.39, 0.29) is 23.4 Å². The number of ether oxygens (including phenoxy) is 1. The van der Waals surface area contributed by atoms with Crippen LogP contribution in [0.25, 0.3) is 0 Å². The van der Waals surface area contributed by atoms with Gasteiger partial charge in [-0.15, -0.1) is 0 Å². The average Bonchev–Trinajstić information content (AvgIpc) is 3.14. The highest BCUT2D eigenvalue weighted by Gasteiger charge is 2.37. The van der Waals surface area contributed by atoms with Crippen molar-refractivity contribution in [3.8, 4) is 5.75 Å². The van der Waals surface area contributed by atoms with Gasteiger partial charge in [-0.1, -0.05) is 11.8 Å². The highest BCUT2D eigenvalue weighted by molar-refractivity contribution is 8.14. The summed E-state index contributed by atoms with van der Waals surface area (Å²) in [6.07, 6.45) is 0.837. The number of anilines is 1. The number of thioether (sulfide) groups is 1. The number of carbonyl (C=O) groups is 3. The number of hydrogen-bond acceptors (Lipinski definition) is 5. The highest BCUT2D eigenvalue weighted by atomic mass is 32.2. The summed E-state index contributed by atoms with van der Waals surface area (Å²) in [6, 6.07) is 6.76. The summed E-state index contributed by atoms with van der Waals surface area (Å²) < 4.78 is 5.10. The molecule has 2 heterocycles. The van der Waals surface area contributed by atoms with Gasteiger partial charge >= 0.3 is 0 Å². The molecule has 2 fully saturated rings. The van der Waals surface area contributed by atoms with E-state index in [0.29, 0.717) is 18.7 Å². The summed E-state index contributed by atoms with van der Waals surface area (Å²) >= 11 is 1.25. The summed E-state index contributed by atoms with van der Waals surface area (Å²) in [5, 5.41) is 2.78. The van der Waals surface area contributed by atoms with Gasteiger partial charge in [0.2, 0.25) is 16.9 Å². The van der Waals surface area contributed by atoms with Crippen molar-refractivity contribution in [2.45, 2.75) is 18.9 Å². The van der Waals surface area contributed by atoms with Crippen LogP contribution in [-0.2, 0) is 14.4 Å². The molecule has 0 bridgehead atoms. The Morgan fingerprint density at radius 1 is 1.30 bits per heavy atom. The van der Waals surface area contributed by atoms with Crippen molar-refractivity contribution in [2.24, 2.45) is 5.92 Å². The third-order valence-corrected chi connectivity index (χ3v) is 5.14. The largest absolute Gasteiger partial charge is 0.497 e. The number of nitrogens with zero attached hydrogens (tertiary/aromatic N) is 1. The second-order valence-corrected chi connectivity index (χ2v) is 6.72. The van der Waals surface area contributed by atoms with Crippen LogP contribution in [0.3, 0.4) is 0 Å². The van der Waals surface area contributed by atoms with E-state index in [1.165, 1.54) is 11.8 Å². The Morgan fingerprint density at radius 2 is 2.04 bits per heavy atom. The fourth-order valence-corrected chi connectivity index (χ4v) is 3.74. The summed E-state index contributed by atoms with van der Waals surface area (Å²) in [4.78, 5) is 37.7. The maximum atomic E-state index is 12.3. The van der Waals surface area contributed by atoms with Crippen LogP contribution >= 0.6 is 11.8 Å². The lowest BCUT2D eigenvalue weighted by Gasteiger charge is -2.18. The second kappa shape index (κ2) is 6.62. The highest BCUT2D eigenvalue weighted by Crippen LogP contribution is 2.27. The van der Waals surface area contributed by atoms with Crippen molar-refractivity contribution in [3.63, 3.8) is 0 Å². The molecule has 122 valence electrons. The molecule has 2 atom stereocenters. The fraction of sp³-hybridized carbons (Fsp3) is 0.438. The number of carbonyl (C=O) groups excluding carboxylic acids is 3. The van der Waals surface area contributed by atoms with E-state index in [4.69, 9.17) is 4.74 Å². The molecule has 1 aromatic rings. The van der Waals surface area contributed by atoms with E-state index in [9.17, 15) is 14.4 Å². The van der Waals surface area contributed by atoms with E-state index in [1.807, 2.05) is 0 Å². The molecule has 7 heteroatoms. The molecule has 0 unspecified atom stereocenters. The van der Waals surface area contributed by atoms with E-state index in [1.54, 1.807) is 36.3 Å². The van der Waals surface area contributed by atoms with Crippen LogP contribution in [0.2, 0.25) is 0 Å². The van der Waals surface area contributed by atoms with Crippen LogP contribution in [0.4, 0.5) is 5.69 Å². The molecule has 2 aliphatic rings. The summed E-state index contributed by atoms with van der Waals surface area (Å²) in [5.41, 5.74) is 0.749. The maximum Gasteiger partial charge on any atom is 0.227 e. The lowest BCUT2D eigenvalue weighted by molar-refractivity contribution is -0.128. The quantitative estimate of drug-likeness (QED) is 0.895. The summed E-state index contributed by atoms with van der Waals surface area (Å²) in [7, 11) is 1.58. The number of benzene rings is 1. The Morgan fingerprint density at radius 3 is 2.65 bits per heavy atom. The van der Waals surface area contributed by atoms with Crippen LogP contribution in [0, 0.1) is 5.92 Å². The molecular formula is C16H18N2O4S. The second-order valence-electron chi connectivity index (χ2n) is 5.62. The molecule has 2 amide bonds. The zero-order valence-corrected chi connectivity index (χ0v) is 13.6. The van der Waals surface area contributed by atoms with Crippen LogP contribution in [0.5, 0.6) is 5.75 Å². The van der Waals surface area contributed by atoms with Crippen molar-refractivity contribution in [1.29, 1.82) is 0 Å². The minimum absolute atomic E-state index is 0.00897. The Hall–Kier alpha value is -2.02. The molecule has 1 aromatic carbocycles. The lowest BCUT2D eigenvalue weighted by atomic mass is 10.1.